The Labute approximate surface area is 50.6 Å². The summed E-state index contributed by atoms with van der Waals surface area (Å²) in [5.41, 5.74) is 0. The molecule has 0 nitrogen and oxygen atoms in total. The lowest BCUT2D eigenvalue weighted by Crippen LogP contribution is -2.24. The summed E-state index contributed by atoms with van der Waals surface area (Å²) in [6.07, 6.45) is 10.2. The van der Waals surface area contributed by atoms with Crippen LogP contribution in [0.2, 0.25) is 0 Å². The van der Waals surface area contributed by atoms with Crippen LogP contribution in [0.4, 0.5) is 0 Å². The Morgan fingerprint density at radius 3 is 2.75 bits per heavy atom. The molecule has 1 fully saturated rings. The number of hydrogen-bond acceptors (Lipinski definition) is 0. The van der Waals surface area contributed by atoms with E-state index in [0.29, 0.717) is 0 Å². The maximum atomic E-state index is 2.33. The summed E-state index contributed by atoms with van der Waals surface area (Å²) in [4.78, 5) is 0. The monoisotopic (exact) mass is 107 g/mol. The van der Waals surface area contributed by atoms with Gasteiger partial charge in [-0.3, -0.25) is 0 Å². The van der Waals surface area contributed by atoms with Crippen LogP contribution >= 0.6 is 0 Å². The zero-order valence-electron chi connectivity index (χ0n) is 5.06. The van der Waals surface area contributed by atoms with Gasteiger partial charge in [-0.25, -0.2) is 0 Å². The van der Waals surface area contributed by atoms with Gasteiger partial charge in [0.2, 0.25) is 0 Å². The predicted molar refractivity (Wildman–Crippen MR) is 34.3 cm³/mol. The third kappa shape index (κ3) is 0.521. The second-order valence-corrected chi connectivity index (χ2v) is 2.81. The molecule has 0 aromatic carbocycles. The fourth-order valence-electron chi connectivity index (χ4n) is 1.60. The second-order valence-electron chi connectivity index (χ2n) is 2.81. The molecular weight excluding hydrogens is 96.1 g/mol. The van der Waals surface area contributed by atoms with Gasteiger partial charge in [0.05, 0.1) is 0 Å². The molecule has 1 atom stereocenters. The summed E-state index contributed by atoms with van der Waals surface area (Å²) in [5.74, 6) is 2.83. The van der Waals surface area contributed by atoms with E-state index in [-0.39, 0.29) is 0 Å². The van der Waals surface area contributed by atoms with Gasteiger partial charge in [-0.2, -0.15) is 0 Å². The van der Waals surface area contributed by atoms with E-state index in [1.807, 2.05) is 5.92 Å². The molecule has 0 aromatic heterocycles. The predicted octanol–water partition coefficient (Wildman–Crippen LogP) is 2.32. The van der Waals surface area contributed by atoms with Gasteiger partial charge in [0.1, 0.15) is 0 Å². The lowest BCUT2D eigenvalue weighted by Gasteiger charge is -2.37. The largest absolute Gasteiger partial charge is 0.0882 e. The van der Waals surface area contributed by atoms with Crippen molar-refractivity contribution in [3.63, 3.8) is 0 Å². The Balaban J connectivity index is 2.05. The first-order chi connectivity index (χ1) is 3.97. The normalized spacial score (nSPS) is 36.2. The van der Waals surface area contributed by atoms with Crippen LogP contribution in [0.3, 0.4) is 0 Å². The summed E-state index contributed by atoms with van der Waals surface area (Å²) in [6, 6.07) is 0. The van der Waals surface area contributed by atoms with Crippen molar-refractivity contribution in [1.82, 2.24) is 0 Å². The van der Waals surface area contributed by atoms with Gasteiger partial charge >= 0.3 is 0 Å². The Morgan fingerprint density at radius 2 is 2.38 bits per heavy atom. The van der Waals surface area contributed by atoms with Gasteiger partial charge in [0.15, 0.2) is 0 Å². The average molecular weight is 107 g/mol. The Bertz CT molecular complexity index is 99.2. The Kier molecular flexibility index (Phi) is 0.927. The number of fused-ring (bicyclic) bond motifs is 1. The van der Waals surface area contributed by atoms with Gasteiger partial charge in [0, 0.05) is 0 Å². The fraction of sp³-hybridized carbons (Fsp3) is 0.625. The molecule has 2 aliphatic rings. The molecule has 0 amide bonds. The van der Waals surface area contributed by atoms with Gasteiger partial charge in [-0.15, -0.1) is 0 Å². The molecule has 1 saturated carbocycles. The summed E-state index contributed by atoms with van der Waals surface area (Å²) in [7, 11) is 0. The molecule has 0 N–H and O–H groups in total. The van der Waals surface area contributed by atoms with Gasteiger partial charge in [-0.1, -0.05) is 12.2 Å². The van der Waals surface area contributed by atoms with Crippen LogP contribution in [0.25, 0.3) is 0 Å². The Hall–Kier alpha value is -0.260. The SMILES string of the molecule is C1=CCC2CC[C]2C1. The molecule has 2 aliphatic carbocycles. The molecular formula is C8H11. The molecule has 1 unspecified atom stereocenters. The zero-order chi connectivity index (χ0) is 5.40. The van der Waals surface area contributed by atoms with Crippen molar-refractivity contribution >= 4 is 0 Å². The van der Waals surface area contributed by atoms with E-state index < -0.39 is 0 Å². The van der Waals surface area contributed by atoms with Crippen LogP contribution in [-0.2, 0) is 0 Å². The number of hydrogen-bond donors (Lipinski definition) is 0. The molecule has 43 valence electrons. The van der Waals surface area contributed by atoms with Crippen LogP contribution < -0.4 is 0 Å². The average Bonchev–Trinajstić information content (AvgIpc) is 1.72. The van der Waals surface area contributed by atoms with Crippen molar-refractivity contribution in [2.45, 2.75) is 25.7 Å². The highest BCUT2D eigenvalue weighted by Gasteiger charge is 2.30. The topological polar surface area (TPSA) is 0 Å². The Morgan fingerprint density at radius 1 is 1.38 bits per heavy atom. The van der Waals surface area contributed by atoms with Gasteiger partial charge in [0.25, 0.3) is 0 Å². The van der Waals surface area contributed by atoms with E-state index in [4.69, 9.17) is 0 Å². The molecule has 0 aromatic rings. The first-order valence-corrected chi connectivity index (χ1v) is 3.46. The molecule has 0 aliphatic heterocycles. The third-order valence-corrected chi connectivity index (χ3v) is 2.36. The summed E-state index contributed by atoms with van der Waals surface area (Å²) in [6.45, 7) is 0. The highest BCUT2D eigenvalue weighted by molar-refractivity contribution is 5.15. The number of rotatable bonds is 0. The maximum Gasteiger partial charge on any atom is -0.0169 e. The van der Waals surface area contributed by atoms with E-state index in [0.717, 1.165) is 5.92 Å². The van der Waals surface area contributed by atoms with Crippen molar-refractivity contribution in [2.24, 2.45) is 5.92 Å². The van der Waals surface area contributed by atoms with Crippen LogP contribution in [0, 0.1) is 11.8 Å². The smallest absolute Gasteiger partial charge is 0.0169 e. The third-order valence-electron chi connectivity index (χ3n) is 2.36. The van der Waals surface area contributed by atoms with Crippen LogP contribution in [0.15, 0.2) is 12.2 Å². The minimum absolute atomic E-state index is 1.01. The fourth-order valence-corrected chi connectivity index (χ4v) is 1.60. The van der Waals surface area contributed by atoms with Crippen LogP contribution in [0.1, 0.15) is 25.7 Å². The van der Waals surface area contributed by atoms with Crippen LogP contribution in [-0.4, -0.2) is 0 Å². The highest BCUT2D eigenvalue weighted by atomic mass is 14.3. The summed E-state index contributed by atoms with van der Waals surface area (Å²) >= 11 is 0. The standard InChI is InChI=1S/C8H11/c1-2-4-8-6-5-7(8)3-1/h1-2,7H,3-6H2. The van der Waals surface area contributed by atoms with E-state index in [1.54, 1.807) is 0 Å². The maximum absolute atomic E-state index is 2.33. The summed E-state index contributed by atoms with van der Waals surface area (Å²) in [5, 5.41) is 0. The van der Waals surface area contributed by atoms with E-state index in [9.17, 15) is 0 Å². The minimum Gasteiger partial charge on any atom is -0.0882 e. The molecule has 0 heterocycles. The van der Waals surface area contributed by atoms with Crippen LogP contribution in [0.5, 0.6) is 0 Å². The van der Waals surface area contributed by atoms with Gasteiger partial charge in [-0.05, 0) is 37.5 Å². The minimum atomic E-state index is 1.01. The first kappa shape index (κ1) is 4.60. The molecule has 0 saturated heterocycles. The molecule has 8 heavy (non-hydrogen) atoms. The molecule has 1 radical (unpaired) electrons. The lowest BCUT2D eigenvalue weighted by atomic mass is 9.68. The highest BCUT2D eigenvalue weighted by Crippen LogP contribution is 2.43. The molecule has 0 spiro atoms. The van der Waals surface area contributed by atoms with Crippen molar-refractivity contribution in [3.05, 3.63) is 18.1 Å². The zero-order valence-corrected chi connectivity index (χ0v) is 5.06. The van der Waals surface area contributed by atoms with E-state index in [1.165, 1.54) is 25.7 Å². The quantitative estimate of drug-likeness (QED) is 0.417. The van der Waals surface area contributed by atoms with E-state index >= 15 is 0 Å². The number of allylic oxidation sites excluding steroid dienone is 2. The summed E-state index contributed by atoms with van der Waals surface area (Å²) < 4.78 is 0. The van der Waals surface area contributed by atoms with Gasteiger partial charge < -0.3 is 0 Å². The lowest BCUT2D eigenvalue weighted by molar-refractivity contribution is 0.345. The van der Waals surface area contributed by atoms with Crippen molar-refractivity contribution in [2.75, 3.05) is 0 Å². The molecule has 2 rings (SSSR count). The van der Waals surface area contributed by atoms with Crippen molar-refractivity contribution in [3.8, 4) is 0 Å². The molecule has 0 heteroatoms. The first-order valence-electron chi connectivity index (χ1n) is 3.46. The second kappa shape index (κ2) is 1.61. The van der Waals surface area contributed by atoms with Crippen molar-refractivity contribution < 1.29 is 0 Å². The van der Waals surface area contributed by atoms with Crippen molar-refractivity contribution in [1.29, 1.82) is 0 Å². The van der Waals surface area contributed by atoms with E-state index in [2.05, 4.69) is 12.2 Å². The molecule has 0 bridgehead atoms.